The van der Waals surface area contributed by atoms with E-state index in [-0.39, 0.29) is 16.7 Å². The molecule has 148 valence electrons. The van der Waals surface area contributed by atoms with Crippen LogP contribution in [-0.2, 0) is 0 Å². The predicted octanol–water partition coefficient (Wildman–Crippen LogP) is 4.85. The smallest absolute Gasteiger partial charge is 0.185 e. The fourth-order valence-corrected chi connectivity index (χ4v) is 2.91. The van der Waals surface area contributed by atoms with Crippen LogP contribution in [0.4, 0.5) is 5.69 Å². The number of methoxy groups -OCH3 is 2. The molecule has 0 aliphatic carbocycles. The Hall–Kier alpha value is -3.61. The summed E-state index contributed by atoms with van der Waals surface area (Å²) in [5.74, 6) is 0.515. The third kappa shape index (κ3) is 4.63. The zero-order valence-electron chi connectivity index (χ0n) is 16.1. The minimum atomic E-state index is -0.215. The lowest BCUT2D eigenvalue weighted by molar-refractivity contribution is 0.0289. The van der Waals surface area contributed by atoms with Gasteiger partial charge in [-0.05, 0) is 29.3 Å². The summed E-state index contributed by atoms with van der Waals surface area (Å²) >= 11 is 0. The Balaban J connectivity index is 1.85. The molecule has 0 radical (unpaired) electrons. The zero-order chi connectivity index (χ0) is 20.8. The van der Waals surface area contributed by atoms with E-state index in [0.29, 0.717) is 22.6 Å². The number of ketones is 1. The highest BCUT2D eigenvalue weighted by Gasteiger charge is 2.13. The quantitative estimate of drug-likeness (QED) is 0.340. The van der Waals surface area contributed by atoms with E-state index in [9.17, 15) is 15.2 Å². The number of rotatable bonds is 7. The van der Waals surface area contributed by atoms with E-state index >= 15 is 0 Å². The summed E-state index contributed by atoms with van der Waals surface area (Å²) < 4.78 is 10.4. The van der Waals surface area contributed by atoms with E-state index in [0.717, 1.165) is 11.1 Å². The molecule has 0 spiro atoms. The number of benzene rings is 3. The highest BCUT2D eigenvalue weighted by molar-refractivity contribution is 6.07. The van der Waals surface area contributed by atoms with Crippen molar-refractivity contribution in [3.63, 3.8) is 0 Å². The average Bonchev–Trinajstić information content (AvgIpc) is 2.77. The van der Waals surface area contributed by atoms with Crippen LogP contribution in [-0.4, -0.2) is 30.4 Å². The Morgan fingerprint density at radius 3 is 2.03 bits per heavy atom. The van der Waals surface area contributed by atoms with Gasteiger partial charge in [-0.15, -0.1) is 5.23 Å². The van der Waals surface area contributed by atoms with Crippen LogP contribution in [0.2, 0.25) is 0 Å². The maximum atomic E-state index is 12.5. The summed E-state index contributed by atoms with van der Waals surface area (Å²) in [5.41, 5.74) is 3.04. The molecule has 0 saturated heterocycles. The summed E-state index contributed by atoms with van der Waals surface area (Å²) in [5, 5.41) is 18.9. The number of carbonyl (C=O) groups is 1. The topological polar surface area (TPSA) is 79.2 Å². The van der Waals surface area contributed by atoms with Crippen molar-refractivity contribution >= 4 is 17.5 Å². The van der Waals surface area contributed by atoms with Gasteiger partial charge in [0.1, 0.15) is 5.69 Å². The number of ether oxygens (including phenoxy) is 2. The highest BCUT2D eigenvalue weighted by atomic mass is 16.8. The Morgan fingerprint density at radius 2 is 1.45 bits per heavy atom. The lowest BCUT2D eigenvalue weighted by Gasteiger charge is -2.15. The van der Waals surface area contributed by atoms with Crippen molar-refractivity contribution in [2.24, 2.45) is 0 Å². The van der Waals surface area contributed by atoms with E-state index in [1.165, 1.54) is 32.4 Å². The molecule has 3 aromatic rings. The van der Waals surface area contributed by atoms with Crippen LogP contribution in [0.25, 0.3) is 17.2 Å². The molecule has 3 aromatic carbocycles. The minimum Gasteiger partial charge on any atom is -0.493 e. The molecule has 2 N–H and O–H groups in total. The van der Waals surface area contributed by atoms with Gasteiger partial charge in [0.2, 0.25) is 0 Å². The molecule has 6 nitrogen and oxygen atoms in total. The van der Waals surface area contributed by atoms with Gasteiger partial charge in [0.05, 0.1) is 14.2 Å². The number of carbonyl (C=O) groups excluding carboxylic acids is 1. The summed E-state index contributed by atoms with van der Waals surface area (Å²) in [6, 6.07) is 20.1. The molecule has 0 aromatic heterocycles. The fraction of sp³-hybridized carbons (Fsp3) is 0.0870. The van der Waals surface area contributed by atoms with Gasteiger partial charge >= 0.3 is 0 Å². The van der Waals surface area contributed by atoms with Crippen LogP contribution >= 0.6 is 0 Å². The molecule has 0 bridgehead atoms. The standard InChI is InChI=1S/C23H21NO5/c1-28-22-14-19(20(24(26)27)15-23(22)29-2)12-13-21(25)18-10-8-17(9-11-18)16-6-4-3-5-7-16/h3-15,26-27H,1-2H3/b13-12-. The highest BCUT2D eigenvalue weighted by Crippen LogP contribution is 2.35. The largest absolute Gasteiger partial charge is 0.493 e. The maximum absolute atomic E-state index is 12.5. The van der Waals surface area contributed by atoms with Gasteiger partial charge < -0.3 is 9.47 Å². The second-order valence-corrected chi connectivity index (χ2v) is 6.20. The summed E-state index contributed by atoms with van der Waals surface area (Å²) in [6.07, 6.45) is 2.86. The van der Waals surface area contributed by atoms with Gasteiger partial charge in [0.15, 0.2) is 17.3 Å². The first kappa shape index (κ1) is 20.1. The summed E-state index contributed by atoms with van der Waals surface area (Å²) in [6.45, 7) is 0. The molecular formula is C23H21NO5. The van der Waals surface area contributed by atoms with Gasteiger partial charge in [-0.3, -0.25) is 15.2 Å². The Kier molecular flexibility index (Phi) is 6.29. The normalized spacial score (nSPS) is 10.8. The van der Waals surface area contributed by atoms with Crippen molar-refractivity contribution in [3.8, 4) is 22.6 Å². The molecule has 29 heavy (non-hydrogen) atoms. The van der Waals surface area contributed by atoms with E-state index in [2.05, 4.69) is 0 Å². The molecule has 0 aliphatic heterocycles. The van der Waals surface area contributed by atoms with Gasteiger partial charge in [0.25, 0.3) is 0 Å². The SMILES string of the molecule is COc1cc(/C=C\C(=O)c2ccc(-c3ccccc3)cc2)c(N(O)O)cc1OC. The van der Waals surface area contributed by atoms with Gasteiger partial charge in [-0.25, -0.2) is 0 Å². The van der Waals surface area contributed by atoms with Crippen molar-refractivity contribution in [3.05, 3.63) is 83.9 Å². The van der Waals surface area contributed by atoms with E-state index < -0.39 is 0 Å². The van der Waals surface area contributed by atoms with Crippen molar-refractivity contribution in [2.75, 3.05) is 19.4 Å². The lowest BCUT2D eigenvalue weighted by atomic mass is 10.0. The molecule has 0 fully saturated rings. The molecule has 0 unspecified atom stereocenters. The molecule has 0 aliphatic rings. The van der Waals surface area contributed by atoms with Gasteiger partial charge in [-0.1, -0.05) is 54.6 Å². The third-order valence-corrected chi connectivity index (χ3v) is 4.44. The van der Waals surface area contributed by atoms with Crippen LogP contribution < -0.4 is 14.7 Å². The van der Waals surface area contributed by atoms with Crippen molar-refractivity contribution in [1.82, 2.24) is 0 Å². The monoisotopic (exact) mass is 391 g/mol. The van der Waals surface area contributed by atoms with Crippen molar-refractivity contribution < 1.29 is 24.7 Å². The minimum absolute atomic E-state index is 0.0270. The zero-order valence-corrected chi connectivity index (χ0v) is 16.1. The Labute approximate surface area is 168 Å². The van der Waals surface area contributed by atoms with E-state index in [1.807, 2.05) is 42.5 Å². The molecule has 0 atom stereocenters. The van der Waals surface area contributed by atoms with Crippen LogP contribution in [0, 0.1) is 0 Å². The van der Waals surface area contributed by atoms with Crippen LogP contribution in [0.15, 0.2) is 72.8 Å². The summed E-state index contributed by atoms with van der Waals surface area (Å²) in [4.78, 5) is 12.5. The fourth-order valence-electron chi connectivity index (χ4n) is 2.91. The first-order valence-corrected chi connectivity index (χ1v) is 8.85. The lowest BCUT2D eigenvalue weighted by Crippen LogP contribution is -2.13. The number of hydrogen-bond donors (Lipinski definition) is 2. The van der Waals surface area contributed by atoms with Gasteiger partial charge in [0, 0.05) is 17.2 Å². The second-order valence-electron chi connectivity index (χ2n) is 6.20. The van der Waals surface area contributed by atoms with Crippen LogP contribution in [0.1, 0.15) is 15.9 Å². The first-order valence-electron chi connectivity index (χ1n) is 8.85. The summed E-state index contributed by atoms with van der Waals surface area (Å²) in [7, 11) is 2.92. The average molecular weight is 391 g/mol. The molecule has 3 rings (SSSR count). The van der Waals surface area contributed by atoms with Crippen molar-refractivity contribution in [1.29, 1.82) is 0 Å². The number of hydrogen-bond acceptors (Lipinski definition) is 6. The van der Waals surface area contributed by atoms with Crippen LogP contribution in [0.3, 0.4) is 0 Å². The molecule has 0 saturated carbocycles. The maximum Gasteiger partial charge on any atom is 0.185 e. The van der Waals surface area contributed by atoms with E-state index in [4.69, 9.17) is 9.47 Å². The van der Waals surface area contributed by atoms with E-state index in [1.54, 1.807) is 18.2 Å². The molecule has 0 heterocycles. The third-order valence-electron chi connectivity index (χ3n) is 4.44. The first-order chi connectivity index (χ1) is 14.0. The predicted molar refractivity (Wildman–Crippen MR) is 111 cm³/mol. The molecular weight excluding hydrogens is 370 g/mol. The Morgan fingerprint density at radius 1 is 0.862 bits per heavy atom. The van der Waals surface area contributed by atoms with Gasteiger partial charge in [-0.2, -0.15) is 0 Å². The Bertz CT molecular complexity index is 1010. The second kappa shape index (κ2) is 9.05. The number of allylic oxidation sites excluding steroid dienone is 1. The number of nitrogens with zero attached hydrogens (tertiary/aromatic N) is 1. The van der Waals surface area contributed by atoms with Crippen LogP contribution in [0.5, 0.6) is 11.5 Å². The number of anilines is 1. The molecule has 0 amide bonds. The molecule has 6 heteroatoms. The van der Waals surface area contributed by atoms with Crippen molar-refractivity contribution in [2.45, 2.75) is 0 Å².